The zero-order valence-corrected chi connectivity index (χ0v) is 18.4. The van der Waals surface area contributed by atoms with E-state index in [1.807, 2.05) is 0 Å². The summed E-state index contributed by atoms with van der Waals surface area (Å²) in [6.45, 7) is 0. The molecule has 10 nitrogen and oxygen atoms in total. The Morgan fingerprint density at radius 3 is 1.13 bits per heavy atom. The summed E-state index contributed by atoms with van der Waals surface area (Å²) in [6, 6.07) is 11.4. The van der Waals surface area contributed by atoms with Gasteiger partial charge in [0.1, 0.15) is 33.4 Å². The van der Waals surface area contributed by atoms with Crippen LogP contribution >= 0.6 is 7.14 Å². The third-order valence-corrected chi connectivity index (χ3v) is 6.51. The van der Waals surface area contributed by atoms with Gasteiger partial charge in [-0.15, -0.1) is 0 Å². The van der Waals surface area contributed by atoms with Gasteiger partial charge in [0.15, 0.2) is 0 Å². The third-order valence-electron chi connectivity index (χ3n) is 3.83. The van der Waals surface area contributed by atoms with Crippen LogP contribution in [0.3, 0.4) is 0 Å². The second-order valence-electron chi connectivity index (χ2n) is 5.67. The number of aromatic nitrogens is 3. The van der Waals surface area contributed by atoms with Crippen molar-refractivity contribution in [3.8, 4) is 0 Å². The molecule has 3 aromatic heterocycles. The molecule has 0 aliphatic rings. The van der Waals surface area contributed by atoms with Gasteiger partial charge in [-0.3, -0.25) is 0 Å². The molecule has 0 aliphatic carbocycles. The van der Waals surface area contributed by atoms with Crippen LogP contribution in [0.2, 0.25) is 0 Å². The fourth-order valence-corrected chi connectivity index (χ4v) is 4.84. The third kappa shape index (κ3) is 4.47. The minimum absolute atomic E-state index is 0. The summed E-state index contributed by atoms with van der Waals surface area (Å²) < 4.78 is 14.2. The SMILES string of the molecule is O=C(O)c1cccc(P(=O)(c2cccc(C(=O)O)n2)c2cccc(C(=O)O)n2)n1.[H-].[Na+]. The molecular weight excluding hydrogens is 424 g/mol. The van der Waals surface area contributed by atoms with E-state index in [0.717, 1.165) is 0 Å². The smallest absolute Gasteiger partial charge is 1.00 e. The Bertz CT molecular complexity index is 1060. The number of carbonyl (C=O) groups is 3. The molecule has 0 radical (unpaired) electrons. The molecule has 0 aliphatic heterocycles. The summed E-state index contributed by atoms with van der Waals surface area (Å²) in [4.78, 5) is 45.6. The molecule has 0 unspecified atom stereocenters. The van der Waals surface area contributed by atoms with E-state index in [4.69, 9.17) is 0 Å². The molecule has 0 saturated carbocycles. The van der Waals surface area contributed by atoms with E-state index in [-0.39, 0.29) is 47.3 Å². The van der Waals surface area contributed by atoms with Crippen molar-refractivity contribution in [1.29, 1.82) is 0 Å². The Labute approximate surface area is 192 Å². The number of aromatic carboxylic acids is 3. The average Bonchev–Trinajstić information content (AvgIpc) is 2.73. The predicted octanol–water partition coefficient (Wildman–Crippen LogP) is -2.28. The van der Waals surface area contributed by atoms with Crippen molar-refractivity contribution in [2.75, 3.05) is 0 Å². The van der Waals surface area contributed by atoms with Crippen molar-refractivity contribution in [2.24, 2.45) is 0 Å². The van der Waals surface area contributed by atoms with E-state index in [0.29, 0.717) is 0 Å². The number of carboxylic acids is 3. The number of carboxylic acid groups (broad SMARTS) is 3. The maximum absolute atomic E-state index is 14.2. The van der Waals surface area contributed by atoms with Crippen LogP contribution in [0, 0.1) is 0 Å². The molecule has 0 spiro atoms. The summed E-state index contributed by atoms with van der Waals surface area (Å²) in [5.74, 6) is -4.09. The number of hydrogen-bond acceptors (Lipinski definition) is 7. The standard InChI is InChI=1S/C18H12N3O7P.Na.H/c22-16(23)10-4-1-7-13(19-10)29(28,14-8-2-5-11(20-14)17(24)25)15-9-3-6-12(21-15)18(26)27;;/h1-9H,(H,22,23)(H,24,25)(H,26,27);;/q;+1;-1. The zero-order chi connectivity index (χ0) is 21.2. The molecule has 12 heteroatoms. The van der Waals surface area contributed by atoms with Crippen molar-refractivity contribution < 1.29 is 65.3 Å². The van der Waals surface area contributed by atoms with Crippen molar-refractivity contribution in [1.82, 2.24) is 15.0 Å². The molecule has 3 rings (SSSR count). The first-order valence-electron chi connectivity index (χ1n) is 7.96. The topological polar surface area (TPSA) is 168 Å². The molecule has 3 aromatic rings. The molecule has 3 heterocycles. The van der Waals surface area contributed by atoms with Gasteiger partial charge in [-0.05, 0) is 36.4 Å². The number of nitrogens with zero attached hydrogens (tertiary/aromatic N) is 3. The second kappa shape index (κ2) is 9.27. The number of hydrogen-bond donors (Lipinski definition) is 3. The number of rotatable bonds is 6. The molecule has 0 amide bonds. The molecular formula is C18H13N3NaO7P. The van der Waals surface area contributed by atoms with Gasteiger partial charge < -0.3 is 21.3 Å². The maximum Gasteiger partial charge on any atom is 1.00 e. The average molecular weight is 437 g/mol. The van der Waals surface area contributed by atoms with Crippen LogP contribution in [0.1, 0.15) is 32.9 Å². The first-order valence-corrected chi connectivity index (χ1v) is 9.67. The van der Waals surface area contributed by atoms with E-state index in [2.05, 4.69) is 15.0 Å². The van der Waals surface area contributed by atoms with E-state index in [9.17, 15) is 34.3 Å². The van der Waals surface area contributed by atoms with Gasteiger partial charge in [0.2, 0.25) is 7.14 Å². The zero-order valence-electron chi connectivity index (χ0n) is 16.5. The largest absolute Gasteiger partial charge is 1.00 e. The Morgan fingerprint density at radius 1 is 0.633 bits per heavy atom. The van der Waals surface area contributed by atoms with Crippen LogP contribution in [0.15, 0.2) is 54.6 Å². The van der Waals surface area contributed by atoms with Crippen LogP contribution in [-0.4, -0.2) is 48.2 Å². The van der Waals surface area contributed by atoms with E-state index in [1.54, 1.807) is 0 Å². The van der Waals surface area contributed by atoms with E-state index >= 15 is 0 Å². The predicted molar refractivity (Wildman–Crippen MR) is 101 cm³/mol. The molecule has 0 bridgehead atoms. The van der Waals surface area contributed by atoms with Gasteiger partial charge in [0, 0.05) is 0 Å². The molecule has 148 valence electrons. The Hall–Kier alpha value is -2.91. The Balaban J connectivity index is 0.00000240. The number of pyridine rings is 3. The molecule has 0 atom stereocenters. The minimum Gasteiger partial charge on any atom is -1.00 e. The van der Waals surface area contributed by atoms with Crippen molar-refractivity contribution in [2.45, 2.75) is 0 Å². The maximum atomic E-state index is 14.2. The van der Waals surface area contributed by atoms with Crippen molar-refractivity contribution in [3.05, 3.63) is 71.7 Å². The minimum atomic E-state index is -4.10. The van der Waals surface area contributed by atoms with Gasteiger partial charge in [-0.1, -0.05) is 18.2 Å². The van der Waals surface area contributed by atoms with Crippen molar-refractivity contribution in [3.63, 3.8) is 0 Å². The normalized spacial score (nSPS) is 10.7. The Morgan fingerprint density at radius 2 is 0.900 bits per heavy atom. The first-order chi connectivity index (χ1) is 13.7. The second-order valence-corrected chi connectivity index (χ2v) is 8.26. The van der Waals surface area contributed by atoms with E-state index < -0.39 is 42.1 Å². The van der Waals surface area contributed by atoms with Crippen LogP contribution in [0.4, 0.5) is 0 Å². The quantitative estimate of drug-likeness (QED) is 0.282. The molecule has 0 fully saturated rings. The van der Waals surface area contributed by atoms with Gasteiger partial charge in [-0.25, -0.2) is 29.3 Å². The molecule has 0 aromatic carbocycles. The molecule has 0 saturated heterocycles. The summed E-state index contributed by atoms with van der Waals surface area (Å²) >= 11 is 0. The van der Waals surface area contributed by atoms with E-state index in [1.165, 1.54) is 54.6 Å². The summed E-state index contributed by atoms with van der Waals surface area (Å²) in [7, 11) is -4.10. The summed E-state index contributed by atoms with van der Waals surface area (Å²) in [6.07, 6.45) is 0. The molecule has 30 heavy (non-hydrogen) atoms. The molecule has 3 N–H and O–H groups in total. The summed E-state index contributed by atoms with van der Waals surface area (Å²) in [5.41, 5.74) is -1.85. The summed E-state index contributed by atoms with van der Waals surface area (Å²) in [5, 5.41) is 27.6. The van der Waals surface area contributed by atoms with Gasteiger partial charge in [0.25, 0.3) is 0 Å². The van der Waals surface area contributed by atoms with Gasteiger partial charge in [0.05, 0.1) is 0 Å². The van der Waals surface area contributed by atoms with Gasteiger partial charge >= 0.3 is 47.5 Å². The Kier molecular flexibility index (Phi) is 7.22. The van der Waals surface area contributed by atoms with Crippen LogP contribution in [0.5, 0.6) is 0 Å². The monoisotopic (exact) mass is 437 g/mol. The van der Waals surface area contributed by atoms with Gasteiger partial charge in [-0.2, -0.15) is 0 Å². The fraction of sp³-hybridized carbons (Fsp3) is 0. The van der Waals surface area contributed by atoms with Crippen LogP contribution in [0.25, 0.3) is 0 Å². The van der Waals surface area contributed by atoms with Crippen LogP contribution in [-0.2, 0) is 4.57 Å². The first kappa shape index (κ1) is 23.4. The van der Waals surface area contributed by atoms with Crippen LogP contribution < -0.4 is 45.9 Å². The fourth-order valence-electron chi connectivity index (χ4n) is 2.51. The van der Waals surface area contributed by atoms with Crippen molar-refractivity contribution >= 4 is 41.4 Å².